The molecular formula is C23H31N3O2S. The maximum Gasteiger partial charge on any atom is 0.232 e. The van der Waals surface area contributed by atoms with E-state index < -0.39 is 5.41 Å². The molecule has 29 heavy (non-hydrogen) atoms. The summed E-state index contributed by atoms with van der Waals surface area (Å²) in [5.74, 6) is 0.671. The molecule has 5 nitrogen and oxygen atoms in total. The molecule has 1 amide bonds. The molecule has 2 aromatic rings. The fourth-order valence-electron chi connectivity index (χ4n) is 4.67. The minimum absolute atomic E-state index is 0.0814. The van der Waals surface area contributed by atoms with Crippen LogP contribution in [0.1, 0.15) is 47.6 Å². The van der Waals surface area contributed by atoms with Crippen molar-refractivity contribution in [1.29, 1.82) is 0 Å². The molecule has 0 spiro atoms. The van der Waals surface area contributed by atoms with E-state index in [1.807, 2.05) is 13.1 Å². The van der Waals surface area contributed by atoms with E-state index in [-0.39, 0.29) is 5.91 Å². The lowest BCUT2D eigenvalue weighted by Gasteiger charge is -2.36. The number of thiazole rings is 1. The van der Waals surface area contributed by atoms with Crippen molar-refractivity contribution >= 4 is 22.4 Å². The van der Waals surface area contributed by atoms with Crippen LogP contribution in [0, 0.1) is 12.3 Å². The number of nitrogens with zero attached hydrogens (tertiary/aromatic N) is 2. The van der Waals surface area contributed by atoms with Gasteiger partial charge in [0.15, 0.2) is 5.13 Å². The minimum atomic E-state index is -0.431. The SMILES string of the molecule is Cc1cnc(NC(=O)C2(Cc3cccc([C@H]4CCCN(C)C4)c3)CCOCC2)s1. The summed E-state index contributed by atoms with van der Waals surface area (Å²) in [7, 11) is 2.21. The Bertz CT molecular complexity index is 844. The number of aryl methyl sites for hydroxylation is 1. The van der Waals surface area contributed by atoms with Gasteiger partial charge in [0.2, 0.25) is 5.91 Å². The van der Waals surface area contributed by atoms with Crippen LogP contribution in [0.5, 0.6) is 0 Å². The Kier molecular flexibility index (Phi) is 6.32. The summed E-state index contributed by atoms with van der Waals surface area (Å²) >= 11 is 1.53. The standard InChI is InChI=1S/C23H31N3O2S/c1-17-15-24-22(29-17)25-21(27)23(8-11-28-12-9-23)14-18-5-3-6-19(13-18)20-7-4-10-26(2)16-20/h3,5-6,13,15,20H,4,7-12,14,16H2,1-2H3,(H,24,25,27)/t20-/m0/s1. The van der Waals surface area contributed by atoms with E-state index in [0.717, 1.165) is 30.7 Å². The van der Waals surface area contributed by atoms with Crippen LogP contribution in [-0.4, -0.2) is 49.1 Å². The molecule has 1 aromatic heterocycles. The quantitative estimate of drug-likeness (QED) is 0.797. The van der Waals surface area contributed by atoms with Gasteiger partial charge in [0.25, 0.3) is 0 Å². The molecule has 0 aliphatic carbocycles. The van der Waals surface area contributed by atoms with Gasteiger partial charge < -0.3 is 15.0 Å². The van der Waals surface area contributed by atoms with E-state index in [2.05, 4.69) is 46.5 Å². The summed E-state index contributed by atoms with van der Waals surface area (Å²) < 4.78 is 5.60. The third kappa shape index (κ3) is 4.87. The zero-order valence-electron chi connectivity index (χ0n) is 17.4. The van der Waals surface area contributed by atoms with Crippen molar-refractivity contribution in [2.45, 2.75) is 44.9 Å². The number of likely N-dealkylation sites (tertiary alicyclic amines) is 1. The summed E-state index contributed by atoms with van der Waals surface area (Å²) in [6.45, 7) is 5.59. The fourth-order valence-corrected chi connectivity index (χ4v) is 5.33. The summed E-state index contributed by atoms with van der Waals surface area (Å²) in [6, 6.07) is 8.92. The first-order valence-corrected chi connectivity index (χ1v) is 11.4. The van der Waals surface area contributed by atoms with Gasteiger partial charge in [-0.2, -0.15) is 0 Å². The molecule has 0 saturated carbocycles. The third-order valence-electron chi connectivity index (χ3n) is 6.36. The first kappa shape index (κ1) is 20.5. The molecule has 4 rings (SSSR count). The molecule has 1 aromatic carbocycles. The molecule has 2 fully saturated rings. The number of benzene rings is 1. The molecule has 0 bridgehead atoms. The van der Waals surface area contributed by atoms with Crippen LogP contribution in [0.2, 0.25) is 0 Å². The van der Waals surface area contributed by atoms with E-state index in [1.54, 1.807) is 0 Å². The second kappa shape index (κ2) is 8.94. The van der Waals surface area contributed by atoms with Crippen molar-refractivity contribution in [3.63, 3.8) is 0 Å². The van der Waals surface area contributed by atoms with Gasteiger partial charge in [0, 0.05) is 30.8 Å². The second-order valence-electron chi connectivity index (χ2n) is 8.65. The number of anilines is 1. The Morgan fingerprint density at radius 2 is 2.21 bits per heavy atom. The van der Waals surface area contributed by atoms with Crippen molar-refractivity contribution in [3.05, 3.63) is 46.5 Å². The Labute approximate surface area is 177 Å². The Hall–Kier alpha value is -1.76. The van der Waals surface area contributed by atoms with Crippen LogP contribution in [0.15, 0.2) is 30.5 Å². The van der Waals surface area contributed by atoms with E-state index >= 15 is 0 Å². The smallest absolute Gasteiger partial charge is 0.232 e. The highest BCUT2D eigenvalue weighted by Crippen LogP contribution is 2.37. The molecule has 6 heteroatoms. The van der Waals surface area contributed by atoms with Crippen molar-refractivity contribution in [3.8, 4) is 0 Å². The maximum atomic E-state index is 13.3. The van der Waals surface area contributed by atoms with Crippen LogP contribution < -0.4 is 5.32 Å². The van der Waals surface area contributed by atoms with Gasteiger partial charge in [0.05, 0.1) is 5.41 Å². The average molecular weight is 414 g/mol. The molecule has 1 atom stereocenters. The lowest BCUT2D eigenvalue weighted by Crippen LogP contribution is -2.42. The predicted molar refractivity (Wildman–Crippen MR) is 118 cm³/mol. The number of aromatic nitrogens is 1. The molecule has 156 valence electrons. The average Bonchev–Trinajstić information content (AvgIpc) is 3.13. The van der Waals surface area contributed by atoms with Gasteiger partial charge >= 0.3 is 0 Å². The zero-order valence-corrected chi connectivity index (χ0v) is 18.3. The van der Waals surface area contributed by atoms with E-state index in [1.165, 1.54) is 41.9 Å². The highest BCUT2D eigenvalue weighted by atomic mass is 32.1. The van der Waals surface area contributed by atoms with Crippen molar-refractivity contribution in [2.24, 2.45) is 5.41 Å². The van der Waals surface area contributed by atoms with Crippen LogP contribution in [0.3, 0.4) is 0 Å². The van der Waals surface area contributed by atoms with Gasteiger partial charge in [-0.25, -0.2) is 4.98 Å². The lowest BCUT2D eigenvalue weighted by atomic mass is 9.74. The predicted octanol–water partition coefficient (Wildman–Crippen LogP) is 4.24. The summed E-state index contributed by atoms with van der Waals surface area (Å²) in [6.07, 6.45) is 6.56. The minimum Gasteiger partial charge on any atom is -0.381 e. The highest BCUT2D eigenvalue weighted by molar-refractivity contribution is 7.15. The van der Waals surface area contributed by atoms with Gasteiger partial charge in [-0.3, -0.25) is 4.79 Å². The summed E-state index contributed by atoms with van der Waals surface area (Å²) in [5, 5.41) is 3.78. The van der Waals surface area contributed by atoms with Crippen LogP contribution in [0.25, 0.3) is 0 Å². The number of hydrogen-bond donors (Lipinski definition) is 1. The molecular weight excluding hydrogens is 382 g/mol. The van der Waals surface area contributed by atoms with Gasteiger partial charge in [0.1, 0.15) is 0 Å². The van der Waals surface area contributed by atoms with Crippen molar-refractivity contribution < 1.29 is 9.53 Å². The number of hydrogen-bond acceptors (Lipinski definition) is 5. The number of rotatable bonds is 5. The Morgan fingerprint density at radius 3 is 2.93 bits per heavy atom. The first-order valence-electron chi connectivity index (χ1n) is 10.6. The number of amides is 1. The van der Waals surface area contributed by atoms with Crippen LogP contribution in [0.4, 0.5) is 5.13 Å². The number of carbonyl (C=O) groups excluding carboxylic acids is 1. The number of piperidine rings is 1. The zero-order chi connectivity index (χ0) is 20.3. The number of nitrogens with one attached hydrogen (secondary N) is 1. The van der Waals surface area contributed by atoms with Crippen molar-refractivity contribution in [2.75, 3.05) is 38.7 Å². The van der Waals surface area contributed by atoms with E-state index in [9.17, 15) is 4.79 Å². The topological polar surface area (TPSA) is 54.5 Å². The van der Waals surface area contributed by atoms with Gasteiger partial charge in [-0.05, 0) is 69.7 Å². The number of ether oxygens (including phenoxy) is 1. The third-order valence-corrected chi connectivity index (χ3v) is 7.19. The van der Waals surface area contributed by atoms with Gasteiger partial charge in [-0.15, -0.1) is 11.3 Å². The fraction of sp³-hybridized carbons (Fsp3) is 0.565. The Balaban J connectivity index is 1.53. The summed E-state index contributed by atoms with van der Waals surface area (Å²) in [5.41, 5.74) is 2.23. The second-order valence-corrected chi connectivity index (χ2v) is 9.88. The van der Waals surface area contributed by atoms with Gasteiger partial charge in [-0.1, -0.05) is 24.3 Å². The molecule has 0 radical (unpaired) electrons. The number of carbonyl (C=O) groups is 1. The first-order chi connectivity index (χ1) is 14.0. The highest BCUT2D eigenvalue weighted by Gasteiger charge is 2.40. The van der Waals surface area contributed by atoms with Crippen molar-refractivity contribution in [1.82, 2.24) is 9.88 Å². The molecule has 3 heterocycles. The summed E-state index contributed by atoms with van der Waals surface area (Å²) in [4.78, 5) is 21.2. The number of likely N-dealkylation sites (N-methyl/N-ethyl adjacent to an activating group) is 1. The maximum absolute atomic E-state index is 13.3. The van der Waals surface area contributed by atoms with Crippen LogP contribution in [-0.2, 0) is 16.0 Å². The molecule has 2 aliphatic rings. The van der Waals surface area contributed by atoms with Crippen LogP contribution >= 0.6 is 11.3 Å². The monoisotopic (exact) mass is 413 g/mol. The largest absolute Gasteiger partial charge is 0.381 e. The van der Waals surface area contributed by atoms with E-state index in [0.29, 0.717) is 24.3 Å². The molecule has 0 unspecified atom stereocenters. The molecule has 2 saturated heterocycles. The lowest BCUT2D eigenvalue weighted by molar-refractivity contribution is -0.131. The molecule has 2 aliphatic heterocycles. The molecule has 1 N–H and O–H groups in total. The Morgan fingerprint density at radius 1 is 1.38 bits per heavy atom. The van der Waals surface area contributed by atoms with E-state index in [4.69, 9.17) is 4.74 Å². The normalized spacial score (nSPS) is 22.3.